The lowest BCUT2D eigenvalue weighted by Gasteiger charge is -2.28. The van der Waals surface area contributed by atoms with Gasteiger partial charge in [0, 0.05) is 37.1 Å². The first-order valence-corrected chi connectivity index (χ1v) is 9.74. The quantitative estimate of drug-likeness (QED) is 0.568. The summed E-state index contributed by atoms with van der Waals surface area (Å²) in [5.41, 5.74) is 0.495. The lowest BCUT2D eigenvalue weighted by molar-refractivity contribution is -0.138. The van der Waals surface area contributed by atoms with Crippen molar-refractivity contribution in [3.63, 3.8) is 0 Å². The molecule has 0 aliphatic heterocycles. The molecule has 1 amide bonds. The predicted octanol–water partition coefficient (Wildman–Crippen LogP) is 3.26. The highest BCUT2D eigenvalue weighted by molar-refractivity contribution is 5.96. The Morgan fingerprint density at radius 2 is 1.81 bits per heavy atom. The van der Waals surface area contributed by atoms with Gasteiger partial charge in [0.05, 0.1) is 18.0 Å². The number of halogens is 3. The molecule has 11 heteroatoms. The smallest absolute Gasteiger partial charge is 0.335 e. The molecule has 3 rings (SSSR count). The number of hydrogen-bond acceptors (Lipinski definition) is 6. The monoisotopic (exact) mass is 433 g/mol. The van der Waals surface area contributed by atoms with Crippen molar-refractivity contribution in [3.05, 3.63) is 59.7 Å². The SMILES string of the molecule is CCN(C(=O)c1nc(C)ccc1-n1nccn1)[C@@H](C)CCc1ncc(C(F)(F)F)cn1. The maximum absolute atomic E-state index is 13.3. The number of alkyl halides is 3. The largest absolute Gasteiger partial charge is 0.419 e. The van der Waals surface area contributed by atoms with Gasteiger partial charge in [-0.25, -0.2) is 15.0 Å². The molecule has 0 spiro atoms. The molecule has 0 saturated carbocycles. The molecule has 3 aromatic rings. The third kappa shape index (κ3) is 5.22. The second-order valence-corrected chi connectivity index (χ2v) is 7.00. The molecule has 164 valence electrons. The molecule has 0 aliphatic carbocycles. The summed E-state index contributed by atoms with van der Waals surface area (Å²) in [4.78, 5) is 28.3. The van der Waals surface area contributed by atoms with Crippen LogP contribution in [0.1, 0.15) is 47.8 Å². The van der Waals surface area contributed by atoms with Crippen LogP contribution in [-0.2, 0) is 12.6 Å². The summed E-state index contributed by atoms with van der Waals surface area (Å²) in [7, 11) is 0. The number of amides is 1. The molecule has 0 saturated heterocycles. The van der Waals surface area contributed by atoms with Crippen LogP contribution in [0.15, 0.2) is 36.9 Å². The van der Waals surface area contributed by atoms with E-state index >= 15 is 0 Å². The topological polar surface area (TPSA) is 89.7 Å². The Hall–Kier alpha value is -3.37. The van der Waals surface area contributed by atoms with E-state index in [0.717, 1.165) is 12.4 Å². The van der Waals surface area contributed by atoms with Crippen LogP contribution in [0.3, 0.4) is 0 Å². The zero-order valence-corrected chi connectivity index (χ0v) is 17.3. The van der Waals surface area contributed by atoms with Gasteiger partial charge in [-0.15, -0.1) is 4.80 Å². The number of carbonyl (C=O) groups excluding carboxylic acids is 1. The zero-order valence-electron chi connectivity index (χ0n) is 17.3. The fraction of sp³-hybridized carbons (Fsp3) is 0.400. The second-order valence-electron chi connectivity index (χ2n) is 7.00. The van der Waals surface area contributed by atoms with Crippen LogP contribution >= 0.6 is 0 Å². The third-order valence-corrected chi connectivity index (χ3v) is 4.80. The van der Waals surface area contributed by atoms with E-state index in [1.807, 2.05) is 13.8 Å². The normalized spacial score (nSPS) is 12.6. The summed E-state index contributed by atoms with van der Waals surface area (Å²) < 4.78 is 38.0. The minimum atomic E-state index is -4.47. The van der Waals surface area contributed by atoms with Crippen LogP contribution < -0.4 is 0 Å². The van der Waals surface area contributed by atoms with Gasteiger partial charge < -0.3 is 4.90 Å². The number of rotatable bonds is 7. The van der Waals surface area contributed by atoms with Gasteiger partial charge in [0.2, 0.25) is 0 Å². The molecule has 31 heavy (non-hydrogen) atoms. The highest BCUT2D eigenvalue weighted by atomic mass is 19.4. The molecule has 0 aromatic carbocycles. The molecule has 0 aliphatic rings. The van der Waals surface area contributed by atoms with Gasteiger partial charge in [0.1, 0.15) is 11.5 Å². The summed E-state index contributed by atoms with van der Waals surface area (Å²) in [6.45, 7) is 5.94. The Morgan fingerprint density at radius 1 is 1.16 bits per heavy atom. The van der Waals surface area contributed by atoms with Crippen LogP contribution in [0.25, 0.3) is 5.69 Å². The molecular formula is C20H22F3N7O. The second kappa shape index (κ2) is 9.19. The number of carbonyl (C=O) groups is 1. The molecule has 0 N–H and O–H groups in total. The van der Waals surface area contributed by atoms with Crippen LogP contribution in [0, 0.1) is 6.92 Å². The highest BCUT2D eigenvalue weighted by Gasteiger charge is 2.31. The van der Waals surface area contributed by atoms with Gasteiger partial charge in [0.25, 0.3) is 5.91 Å². The number of pyridine rings is 1. The van der Waals surface area contributed by atoms with Crippen molar-refractivity contribution >= 4 is 5.91 Å². The van der Waals surface area contributed by atoms with Gasteiger partial charge in [-0.2, -0.15) is 23.4 Å². The maximum atomic E-state index is 13.3. The average molecular weight is 433 g/mol. The van der Waals surface area contributed by atoms with Crippen molar-refractivity contribution in [1.29, 1.82) is 0 Å². The molecule has 3 heterocycles. The molecule has 0 unspecified atom stereocenters. The van der Waals surface area contributed by atoms with E-state index in [1.54, 1.807) is 24.0 Å². The Labute approximate surface area is 177 Å². The lowest BCUT2D eigenvalue weighted by atomic mass is 10.1. The van der Waals surface area contributed by atoms with Gasteiger partial charge in [-0.1, -0.05) is 0 Å². The van der Waals surface area contributed by atoms with Crippen molar-refractivity contribution in [2.24, 2.45) is 0 Å². The Bertz CT molecular complexity index is 1020. The minimum absolute atomic E-state index is 0.218. The van der Waals surface area contributed by atoms with Crippen molar-refractivity contribution < 1.29 is 18.0 Å². The highest BCUT2D eigenvalue weighted by Crippen LogP contribution is 2.27. The summed E-state index contributed by atoms with van der Waals surface area (Å²) in [6.07, 6.45) is 0.908. The predicted molar refractivity (Wildman–Crippen MR) is 105 cm³/mol. The molecule has 0 radical (unpaired) electrons. The van der Waals surface area contributed by atoms with Crippen molar-refractivity contribution in [3.8, 4) is 5.69 Å². The standard InChI is InChI=1S/C20H22F3N7O/c1-4-29(14(3)6-8-17-24-11-15(12-25-17)20(21,22)23)19(31)18-16(7-5-13(2)28-18)30-26-9-10-27-30/h5,7,9-12,14H,4,6,8H2,1-3H3/t14-/m0/s1. The van der Waals surface area contributed by atoms with Crippen molar-refractivity contribution in [2.45, 2.75) is 45.8 Å². The number of aromatic nitrogens is 6. The fourth-order valence-electron chi connectivity index (χ4n) is 3.12. The number of nitrogens with zero attached hydrogens (tertiary/aromatic N) is 7. The van der Waals surface area contributed by atoms with Gasteiger partial charge in [-0.3, -0.25) is 4.79 Å². The van der Waals surface area contributed by atoms with E-state index < -0.39 is 11.7 Å². The summed E-state index contributed by atoms with van der Waals surface area (Å²) >= 11 is 0. The van der Waals surface area contributed by atoms with Crippen LogP contribution in [0.4, 0.5) is 13.2 Å². The maximum Gasteiger partial charge on any atom is 0.419 e. The number of hydrogen-bond donors (Lipinski definition) is 0. The minimum Gasteiger partial charge on any atom is -0.335 e. The Balaban J connectivity index is 1.74. The van der Waals surface area contributed by atoms with E-state index in [9.17, 15) is 18.0 Å². The lowest BCUT2D eigenvalue weighted by Crippen LogP contribution is -2.40. The van der Waals surface area contributed by atoms with E-state index in [2.05, 4.69) is 25.1 Å². The molecule has 3 aromatic heterocycles. The van der Waals surface area contributed by atoms with E-state index in [4.69, 9.17) is 0 Å². The summed E-state index contributed by atoms with van der Waals surface area (Å²) in [5.74, 6) is 0.0119. The van der Waals surface area contributed by atoms with E-state index in [0.29, 0.717) is 36.6 Å². The van der Waals surface area contributed by atoms with Crippen LogP contribution in [0.5, 0.6) is 0 Å². The molecule has 0 fully saturated rings. The Morgan fingerprint density at radius 3 is 2.39 bits per heavy atom. The van der Waals surface area contributed by atoms with Crippen LogP contribution in [0.2, 0.25) is 0 Å². The average Bonchev–Trinajstić information content (AvgIpc) is 3.27. The Kier molecular flexibility index (Phi) is 6.62. The van der Waals surface area contributed by atoms with Crippen LogP contribution in [-0.4, -0.2) is 53.3 Å². The first-order chi connectivity index (χ1) is 14.7. The first kappa shape index (κ1) is 22.3. The first-order valence-electron chi connectivity index (χ1n) is 9.74. The third-order valence-electron chi connectivity index (χ3n) is 4.80. The number of aryl methyl sites for hydroxylation is 2. The molecular weight excluding hydrogens is 411 g/mol. The molecule has 8 nitrogen and oxygen atoms in total. The van der Waals surface area contributed by atoms with Gasteiger partial charge in [-0.05, 0) is 39.3 Å². The van der Waals surface area contributed by atoms with E-state index in [1.165, 1.54) is 17.2 Å². The van der Waals surface area contributed by atoms with Gasteiger partial charge in [0.15, 0.2) is 5.69 Å². The van der Waals surface area contributed by atoms with E-state index in [-0.39, 0.29) is 17.6 Å². The van der Waals surface area contributed by atoms with Crippen molar-refractivity contribution in [2.75, 3.05) is 6.54 Å². The molecule has 1 atom stereocenters. The van der Waals surface area contributed by atoms with Crippen molar-refractivity contribution in [1.82, 2.24) is 34.8 Å². The summed E-state index contributed by atoms with van der Waals surface area (Å²) in [5, 5.41) is 8.18. The molecule has 0 bridgehead atoms. The zero-order chi connectivity index (χ0) is 22.6. The fourth-order valence-corrected chi connectivity index (χ4v) is 3.12. The summed E-state index contributed by atoms with van der Waals surface area (Å²) in [6, 6.07) is 3.30. The van der Waals surface area contributed by atoms with Gasteiger partial charge >= 0.3 is 6.18 Å².